The van der Waals surface area contributed by atoms with Crippen molar-refractivity contribution in [3.63, 3.8) is 0 Å². The number of hydrogen-bond acceptors (Lipinski definition) is 8. The molecule has 5 rings (SSSR count). The Kier molecular flexibility index (Phi) is 4.66. The van der Waals surface area contributed by atoms with Gasteiger partial charge in [-0.3, -0.25) is 4.79 Å². The Labute approximate surface area is 173 Å². The number of aliphatic carboxylic acids is 1. The molecule has 30 heavy (non-hydrogen) atoms. The molecule has 1 aliphatic carbocycles. The molecule has 3 aromatic rings. The van der Waals surface area contributed by atoms with Crippen molar-refractivity contribution in [3.8, 4) is 0 Å². The standard InChI is InChI=1S/C21H23N7O2/c1-27-7-9-28(10-8-27)21-25-18-17(22-5-6-23-18)19(26-21)24-14-4-2-3-13(11-14)15-12-16(15)20(29)30/h2-6,11,15-16H,7-10,12H2,1H3,(H,29,30)(H,23,24,25,26). The minimum atomic E-state index is -0.729. The fraction of sp³-hybridized carbons (Fsp3) is 0.381. The van der Waals surface area contributed by atoms with Crippen LogP contribution in [0.5, 0.6) is 0 Å². The summed E-state index contributed by atoms with van der Waals surface area (Å²) in [5.74, 6) is 0.307. The van der Waals surface area contributed by atoms with Crippen LogP contribution in [-0.2, 0) is 4.79 Å². The average molecular weight is 405 g/mol. The first-order valence-corrected chi connectivity index (χ1v) is 10.1. The van der Waals surface area contributed by atoms with E-state index in [-0.39, 0.29) is 11.8 Å². The summed E-state index contributed by atoms with van der Waals surface area (Å²) >= 11 is 0. The number of piperazine rings is 1. The van der Waals surface area contributed by atoms with E-state index in [9.17, 15) is 9.90 Å². The zero-order valence-corrected chi connectivity index (χ0v) is 16.7. The van der Waals surface area contributed by atoms with Crippen molar-refractivity contribution >= 4 is 34.6 Å². The molecule has 2 aliphatic rings. The van der Waals surface area contributed by atoms with E-state index in [1.165, 1.54) is 0 Å². The molecule has 1 saturated carbocycles. The Morgan fingerprint density at radius 3 is 2.70 bits per heavy atom. The largest absolute Gasteiger partial charge is 0.481 e. The van der Waals surface area contributed by atoms with E-state index in [2.05, 4.69) is 37.1 Å². The number of anilines is 3. The molecule has 2 N–H and O–H groups in total. The number of rotatable bonds is 5. The van der Waals surface area contributed by atoms with Gasteiger partial charge in [0.05, 0.1) is 5.92 Å². The molecule has 9 nitrogen and oxygen atoms in total. The first-order valence-electron chi connectivity index (χ1n) is 10.1. The second kappa shape index (κ2) is 7.49. The number of nitrogens with one attached hydrogen (secondary N) is 1. The van der Waals surface area contributed by atoms with Gasteiger partial charge in [-0.1, -0.05) is 12.1 Å². The van der Waals surface area contributed by atoms with Crippen molar-refractivity contribution in [2.24, 2.45) is 5.92 Å². The summed E-state index contributed by atoms with van der Waals surface area (Å²) in [6.45, 7) is 3.63. The van der Waals surface area contributed by atoms with Gasteiger partial charge >= 0.3 is 5.97 Å². The Balaban J connectivity index is 1.46. The van der Waals surface area contributed by atoms with Crippen LogP contribution in [0.1, 0.15) is 17.9 Å². The second-order valence-electron chi connectivity index (χ2n) is 7.93. The third kappa shape index (κ3) is 3.63. The molecule has 2 fully saturated rings. The third-order valence-corrected chi connectivity index (χ3v) is 5.79. The van der Waals surface area contributed by atoms with Gasteiger partial charge in [-0.25, -0.2) is 9.97 Å². The number of fused-ring (bicyclic) bond motifs is 1. The lowest BCUT2D eigenvalue weighted by molar-refractivity contribution is -0.138. The summed E-state index contributed by atoms with van der Waals surface area (Å²) in [6, 6.07) is 7.85. The first-order chi connectivity index (χ1) is 14.6. The minimum Gasteiger partial charge on any atom is -0.481 e. The van der Waals surface area contributed by atoms with Gasteiger partial charge in [-0.2, -0.15) is 9.97 Å². The minimum absolute atomic E-state index is 0.0760. The third-order valence-electron chi connectivity index (χ3n) is 5.79. The normalized spacial score (nSPS) is 21.6. The highest BCUT2D eigenvalue weighted by atomic mass is 16.4. The number of carboxylic acid groups (broad SMARTS) is 1. The van der Waals surface area contributed by atoms with Crippen LogP contribution in [0.2, 0.25) is 0 Å². The fourth-order valence-corrected chi connectivity index (χ4v) is 3.91. The SMILES string of the molecule is CN1CCN(c2nc(Nc3cccc(C4CC4C(=O)O)c3)c3nccnc3n2)CC1. The number of carboxylic acids is 1. The van der Waals surface area contributed by atoms with Crippen molar-refractivity contribution < 1.29 is 9.90 Å². The van der Waals surface area contributed by atoms with Crippen LogP contribution in [0, 0.1) is 5.92 Å². The van der Waals surface area contributed by atoms with Crippen LogP contribution < -0.4 is 10.2 Å². The van der Waals surface area contributed by atoms with Crippen LogP contribution >= 0.6 is 0 Å². The maximum atomic E-state index is 11.2. The van der Waals surface area contributed by atoms with E-state index in [1.54, 1.807) is 12.4 Å². The van der Waals surface area contributed by atoms with Crippen molar-refractivity contribution in [2.75, 3.05) is 43.4 Å². The summed E-state index contributed by atoms with van der Waals surface area (Å²) in [4.78, 5) is 33.9. The summed E-state index contributed by atoms with van der Waals surface area (Å²) in [5, 5.41) is 12.6. The number of hydrogen-bond donors (Lipinski definition) is 2. The zero-order valence-electron chi connectivity index (χ0n) is 16.7. The highest BCUT2D eigenvalue weighted by molar-refractivity contribution is 5.85. The van der Waals surface area contributed by atoms with Crippen LogP contribution in [0.4, 0.5) is 17.5 Å². The topological polar surface area (TPSA) is 107 Å². The van der Waals surface area contributed by atoms with Crippen molar-refractivity contribution in [1.82, 2.24) is 24.8 Å². The first kappa shape index (κ1) is 18.7. The predicted molar refractivity (Wildman–Crippen MR) is 113 cm³/mol. The van der Waals surface area contributed by atoms with Crippen LogP contribution in [0.25, 0.3) is 11.2 Å². The van der Waals surface area contributed by atoms with E-state index in [1.807, 2.05) is 24.3 Å². The monoisotopic (exact) mass is 405 g/mol. The van der Waals surface area contributed by atoms with Gasteiger partial charge in [0.2, 0.25) is 5.95 Å². The van der Waals surface area contributed by atoms with Crippen LogP contribution in [0.15, 0.2) is 36.7 Å². The molecular weight excluding hydrogens is 382 g/mol. The van der Waals surface area contributed by atoms with E-state index in [4.69, 9.17) is 4.98 Å². The highest BCUT2D eigenvalue weighted by Gasteiger charge is 2.44. The van der Waals surface area contributed by atoms with Gasteiger partial charge in [0.15, 0.2) is 17.0 Å². The summed E-state index contributed by atoms with van der Waals surface area (Å²) < 4.78 is 0. The summed E-state index contributed by atoms with van der Waals surface area (Å²) in [6.07, 6.45) is 3.95. The number of aromatic nitrogens is 4. The molecule has 1 aromatic carbocycles. The molecule has 0 bridgehead atoms. The lowest BCUT2D eigenvalue weighted by Gasteiger charge is -2.32. The zero-order chi connectivity index (χ0) is 20.7. The van der Waals surface area contributed by atoms with Gasteiger partial charge in [-0.05, 0) is 37.1 Å². The molecule has 2 unspecified atom stereocenters. The Morgan fingerprint density at radius 1 is 1.13 bits per heavy atom. The molecule has 3 heterocycles. The highest BCUT2D eigenvalue weighted by Crippen LogP contribution is 2.48. The van der Waals surface area contributed by atoms with E-state index in [0.29, 0.717) is 29.4 Å². The van der Waals surface area contributed by atoms with E-state index in [0.717, 1.165) is 37.4 Å². The van der Waals surface area contributed by atoms with Crippen LogP contribution in [-0.4, -0.2) is 69.1 Å². The van der Waals surface area contributed by atoms with E-state index >= 15 is 0 Å². The van der Waals surface area contributed by atoms with Gasteiger partial charge < -0.3 is 20.2 Å². The molecular formula is C21H23N7O2. The molecule has 1 saturated heterocycles. The van der Waals surface area contributed by atoms with Crippen molar-refractivity contribution in [2.45, 2.75) is 12.3 Å². The number of carbonyl (C=O) groups is 1. The molecule has 2 aromatic heterocycles. The molecule has 154 valence electrons. The molecule has 0 spiro atoms. The quantitative estimate of drug-likeness (QED) is 0.660. The van der Waals surface area contributed by atoms with Gasteiger partial charge in [-0.15, -0.1) is 0 Å². The maximum absolute atomic E-state index is 11.2. The van der Waals surface area contributed by atoms with Gasteiger partial charge in [0, 0.05) is 44.3 Å². The Morgan fingerprint density at radius 2 is 1.93 bits per heavy atom. The van der Waals surface area contributed by atoms with Gasteiger partial charge in [0.25, 0.3) is 0 Å². The summed E-state index contributed by atoms with van der Waals surface area (Å²) in [7, 11) is 2.11. The Hall–Kier alpha value is -3.33. The average Bonchev–Trinajstić information content (AvgIpc) is 3.56. The van der Waals surface area contributed by atoms with Crippen molar-refractivity contribution in [3.05, 3.63) is 42.2 Å². The van der Waals surface area contributed by atoms with Crippen LogP contribution in [0.3, 0.4) is 0 Å². The number of nitrogens with zero attached hydrogens (tertiary/aromatic N) is 6. The molecule has 0 radical (unpaired) electrons. The fourth-order valence-electron chi connectivity index (χ4n) is 3.91. The predicted octanol–water partition coefficient (Wildman–Crippen LogP) is 2.10. The molecule has 2 atom stereocenters. The molecule has 9 heteroatoms. The van der Waals surface area contributed by atoms with E-state index < -0.39 is 5.97 Å². The summed E-state index contributed by atoms with van der Waals surface area (Å²) in [5.41, 5.74) is 3.03. The maximum Gasteiger partial charge on any atom is 0.307 e. The molecule has 1 aliphatic heterocycles. The second-order valence-corrected chi connectivity index (χ2v) is 7.93. The van der Waals surface area contributed by atoms with Crippen molar-refractivity contribution in [1.29, 1.82) is 0 Å². The van der Waals surface area contributed by atoms with Gasteiger partial charge in [0.1, 0.15) is 0 Å². The Bertz CT molecular complexity index is 1100. The molecule has 0 amide bonds. The number of likely N-dealkylation sites (N-methyl/N-ethyl adjacent to an activating group) is 1. The number of benzene rings is 1. The lowest BCUT2D eigenvalue weighted by Crippen LogP contribution is -2.45. The lowest BCUT2D eigenvalue weighted by atomic mass is 10.1. The smallest absolute Gasteiger partial charge is 0.307 e.